The zero-order valence-electron chi connectivity index (χ0n) is 20.1. The fraction of sp³-hybridized carbons (Fsp3) is 0.310. The van der Waals surface area contributed by atoms with Crippen molar-refractivity contribution in [1.82, 2.24) is 10.2 Å². The van der Waals surface area contributed by atoms with Gasteiger partial charge >= 0.3 is 0 Å². The van der Waals surface area contributed by atoms with E-state index < -0.39 is 11.9 Å². The van der Waals surface area contributed by atoms with Crippen molar-refractivity contribution in [2.24, 2.45) is 5.92 Å². The quantitative estimate of drug-likeness (QED) is 0.458. The first-order chi connectivity index (χ1) is 16.3. The van der Waals surface area contributed by atoms with Gasteiger partial charge in [-0.25, -0.2) is 4.39 Å². The first-order valence-corrected chi connectivity index (χ1v) is 11.7. The summed E-state index contributed by atoms with van der Waals surface area (Å²) in [5.41, 5.74) is 3.22. The Kier molecular flexibility index (Phi) is 8.97. The Hall–Kier alpha value is -3.47. The van der Waals surface area contributed by atoms with Crippen molar-refractivity contribution in [3.63, 3.8) is 0 Å². The second-order valence-corrected chi connectivity index (χ2v) is 9.06. The predicted octanol–water partition coefficient (Wildman–Crippen LogP) is 5.09. The molecule has 3 aromatic carbocycles. The van der Waals surface area contributed by atoms with Crippen LogP contribution in [-0.2, 0) is 29.0 Å². The molecule has 1 unspecified atom stereocenters. The number of nitrogens with zero attached hydrogens (tertiary/aromatic N) is 1. The van der Waals surface area contributed by atoms with Crippen LogP contribution in [0.5, 0.6) is 0 Å². The van der Waals surface area contributed by atoms with E-state index in [1.54, 1.807) is 18.2 Å². The monoisotopic (exact) mass is 460 g/mol. The summed E-state index contributed by atoms with van der Waals surface area (Å²) >= 11 is 0. The standard InChI is InChI=1S/C29H33FN2O2/c1-21(2)19-31-29(34)27(17-23-12-5-4-6-13-23)32(20-25-15-9-10-16-26(25)30)28(33)18-24-14-8-7-11-22(24)3/h4-16,21,27H,17-20H2,1-3H3,(H,31,34). The van der Waals surface area contributed by atoms with E-state index in [1.807, 2.05) is 75.4 Å². The summed E-state index contributed by atoms with van der Waals surface area (Å²) in [6.07, 6.45) is 0.489. The third-order valence-electron chi connectivity index (χ3n) is 5.86. The molecule has 0 spiro atoms. The number of hydrogen-bond acceptors (Lipinski definition) is 2. The van der Waals surface area contributed by atoms with Gasteiger partial charge in [-0.15, -0.1) is 0 Å². The fourth-order valence-electron chi connectivity index (χ4n) is 3.86. The zero-order valence-corrected chi connectivity index (χ0v) is 20.1. The van der Waals surface area contributed by atoms with Crippen molar-refractivity contribution in [2.45, 2.75) is 46.2 Å². The summed E-state index contributed by atoms with van der Waals surface area (Å²) in [7, 11) is 0. The van der Waals surface area contributed by atoms with Gasteiger partial charge in [-0.3, -0.25) is 9.59 Å². The highest BCUT2D eigenvalue weighted by Gasteiger charge is 2.31. The number of halogens is 1. The van der Waals surface area contributed by atoms with Crippen LogP contribution in [0.1, 0.15) is 36.1 Å². The van der Waals surface area contributed by atoms with E-state index in [4.69, 9.17) is 0 Å². The molecule has 3 aromatic rings. The molecule has 2 amide bonds. The van der Waals surface area contributed by atoms with E-state index in [0.717, 1.165) is 16.7 Å². The number of carbonyl (C=O) groups is 2. The van der Waals surface area contributed by atoms with Crippen LogP contribution in [0.25, 0.3) is 0 Å². The highest BCUT2D eigenvalue weighted by molar-refractivity contribution is 5.89. The van der Waals surface area contributed by atoms with Crippen LogP contribution in [0.2, 0.25) is 0 Å². The molecule has 1 N–H and O–H groups in total. The minimum Gasteiger partial charge on any atom is -0.354 e. The summed E-state index contributed by atoms with van der Waals surface area (Å²) < 4.78 is 14.6. The van der Waals surface area contributed by atoms with E-state index in [9.17, 15) is 14.0 Å². The Labute approximate surface area is 201 Å². The van der Waals surface area contributed by atoms with Crippen LogP contribution in [0.4, 0.5) is 4.39 Å². The smallest absolute Gasteiger partial charge is 0.243 e. The average molecular weight is 461 g/mol. The molecule has 3 rings (SSSR count). The molecule has 0 fully saturated rings. The van der Waals surface area contributed by atoms with Crippen LogP contribution >= 0.6 is 0 Å². The highest BCUT2D eigenvalue weighted by atomic mass is 19.1. The van der Waals surface area contributed by atoms with Crippen LogP contribution in [0.15, 0.2) is 78.9 Å². The Morgan fingerprint density at radius 2 is 1.50 bits per heavy atom. The molecule has 0 aliphatic carbocycles. The number of benzene rings is 3. The fourth-order valence-corrected chi connectivity index (χ4v) is 3.86. The van der Waals surface area contributed by atoms with Crippen molar-refractivity contribution in [3.8, 4) is 0 Å². The summed E-state index contributed by atoms with van der Waals surface area (Å²) in [4.78, 5) is 28.6. The Bertz CT molecular complexity index is 1100. The largest absolute Gasteiger partial charge is 0.354 e. The van der Waals surface area contributed by atoms with Crippen LogP contribution in [-0.4, -0.2) is 29.3 Å². The van der Waals surface area contributed by atoms with Crippen molar-refractivity contribution < 1.29 is 14.0 Å². The molecule has 0 radical (unpaired) electrons. The van der Waals surface area contributed by atoms with Crippen LogP contribution in [0.3, 0.4) is 0 Å². The SMILES string of the molecule is Cc1ccccc1CC(=O)N(Cc1ccccc1F)C(Cc1ccccc1)C(=O)NCC(C)C. The van der Waals surface area contributed by atoms with Crippen LogP contribution in [0, 0.1) is 18.7 Å². The molecule has 34 heavy (non-hydrogen) atoms. The molecular formula is C29H33FN2O2. The zero-order chi connectivity index (χ0) is 24.5. The van der Waals surface area contributed by atoms with Crippen molar-refractivity contribution in [1.29, 1.82) is 0 Å². The maximum absolute atomic E-state index is 14.6. The van der Waals surface area contributed by atoms with Gasteiger partial charge < -0.3 is 10.2 Å². The summed E-state index contributed by atoms with van der Waals surface area (Å²) in [5.74, 6) is -0.563. The summed E-state index contributed by atoms with van der Waals surface area (Å²) in [6, 6.07) is 23.0. The Morgan fingerprint density at radius 1 is 0.882 bits per heavy atom. The number of nitrogens with one attached hydrogen (secondary N) is 1. The van der Waals surface area contributed by atoms with Gasteiger partial charge in [0.25, 0.3) is 0 Å². The summed E-state index contributed by atoms with van der Waals surface area (Å²) in [6.45, 7) is 6.52. The predicted molar refractivity (Wildman–Crippen MR) is 134 cm³/mol. The van der Waals surface area contributed by atoms with E-state index >= 15 is 0 Å². The minimum absolute atomic E-state index is 0.0178. The molecule has 4 nitrogen and oxygen atoms in total. The lowest BCUT2D eigenvalue weighted by atomic mass is 10.00. The van der Waals surface area contributed by atoms with E-state index in [-0.39, 0.29) is 30.7 Å². The lowest BCUT2D eigenvalue weighted by molar-refractivity contribution is -0.140. The molecule has 178 valence electrons. The lowest BCUT2D eigenvalue weighted by Crippen LogP contribution is -2.51. The highest BCUT2D eigenvalue weighted by Crippen LogP contribution is 2.19. The maximum atomic E-state index is 14.6. The van der Waals surface area contributed by atoms with Gasteiger partial charge in [0.1, 0.15) is 11.9 Å². The minimum atomic E-state index is -0.766. The van der Waals surface area contributed by atoms with Crippen molar-refractivity contribution >= 4 is 11.8 Å². The molecule has 0 aliphatic rings. The second-order valence-electron chi connectivity index (χ2n) is 9.06. The molecule has 0 bridgehead atoms. The van der Waals surface area contributed by atoms with Gasteiger partial charge in [0.15, 0.2) is 0 Å². The molecular weight excluding hydrogens is 427 g/mol. The van der Waals surface area contributed by atoms with Gasteiger partial charge in [-0.2, -0.15) is 0 Å². The van der Waals surface area contributed by atoms with Gasteiger partial charge in [-0.05, 0) is 35.6 Å². The Balaban J connectivity index is 1.98. The maximum Gasteiger partial charge on any atom is 0.243 e. The topological polar surface area (TPSA) is 49.4 Å². The molecule has 0 heterocycles. The van der Waals surface area contributed by atoms with Crippen molar-refractivity contribution in [3.05, 3.63) is 107 Å². The second kappa shape index (κ2) is 12.1. The Morgan fingerprint density at radius 3 is 2.15 bits per heavy atom. The first kappa shape index (κ1) is 25.2. The lowest BCUT2D eigenvalue weighted by Gasteiger charge is -2.32. The van der Waals surface area contributed by atoms with Gasteiger partial charge in [0, 0.05) is 25.1 Å². The van der Waals surface area contributed by atoms with E-state index in [0.29, 0.717) is 18.5 Å². The van der Waals surface area contributed by atoms with E-state index in [2.05, 4.69) is 5.32 Å². The molecule has 0 saturated heterocycles. The third kappa shape index (κ3) is 7.01. The van der Waals surface area contributed by atoms with Gasteiger partial charge in [-0.1, -0.05) is 86.6 Å². The molecule has 0 aliphatic heterocycles. The molecule has 0 saturated carbocycles. The summed E-state index contributed by atoms with van der Waals surface area (Å²) in [5, 5.41) is 2.99. The number of aryl methyl sites for hydroxylation is 1. The average Bonchev–Trinajstić information content (AvgIpc) is 2.83. The van der Waals surface area contributed by atoms with Crippen molar-refractivity contribution in [2.75, 3.05) is 6.54 Å². The number of rotatable bonds is 10. The first-order valence-electron chi connectivity index (χ1n) is 11.7. The molecule has 1 atom stereocenters. The third-order valence-corrected chi connectivity index (χ3v) is 5.86. The molecule has 5 heteroatoms. The number of carbonyl (C=O) groups excluding carboxylic acids is 2. The number of amides is 2. The van der Waals surface area contributed by atoms with Crippen LogP contribution < -0.4 is 5.32 Å². The number of hydrogen-bond donors (Lipinski definition) is 1. The molecule has 0 aromatic heterocycles. The van der Waals surface area contributed by atoms with E-state index in [1.165, 1.54) is 11.0 Å². The normalized spacial score (nSPS) is 11.8. The van der Waals surface area contributed by atoms with Gasteiger partial charge in [0.05, 0.1) is 6.42 Å². The van der Waals surface area contributed by atoms with Gasteiger partial charge in [0.2, 0.25) is 11.8 Å².